The zero-order valence-corrected chi connectivity index (χ0v) is 10.4. The summed E-state index contributed by atoms with van der Waals surface area (Å²) in [5.41, 5.74) is 6.96. The summed E-state index contributed by atoms with van der Waals surface area (Å²) in [7, 11) is 0. The molecule has 0 unspecified atom stereocenters. The molecule has 0 amide bonds. The van der Waals surface area contributed by atoms with Gasteiger partial charge in [0.1, 0.15) is 5.82 Å². The molecule has 1 aromatic rings. The predicted octanol–water partition coefficient (Wildman–Crippen LogP) is 1.63. The highest BCUT2D eigenvalue weighted by Crippen LogP contribution is 2.14. The first-order chi connectivity index (χ1) is 8.79. The van der Waals surface area contributed by atoms with Gasteiger partial charge in [0.05, 0.1) is 13.2 Å². The maximum Gasteiger partial charge on any atom is 0.128 e. The van der Waals surface area contributed by atoms with Crippen molar-refractivity contribution in [3.8, 4) is 0 Å². The molecule has 2 N–H and O–H groups in total. The van der Waals surface area contributed by atoms with Gasteiger partial charge in [-0.25, -0.2) is 4.39 Å². The first kappa shape index (κ1) is 13.2. The summed E-state index contributed by atoms with van der Waals surface area (Å²) in [6.45, 7) is 4.33. The number of morpholine rings is 1. The number of halogens is 1. The molecule has 4 heteroatoms. The average molecular weight is 250 g/mol. The maximum absolute atomic E-state index is 13.9. The van der Waals surface area contributed by atoms with Crippen LogP contribution in [-0.4, -0.2) is 37.7 Å². The van der Waals surface area contributed by atoms with Gasteiger partial charge in [0, 0.05) is 31.7 Å². The van der Waals surface area contributed by atoms with Crippen molar-refractivity contribution in [3.63, 3.8) is 0 Å². The molecule has 0 atom stereocenters. The van der Waals surface area contributed by atoms with Crippen molar-refractivity contribution in [2.45, 2.75) is 6.54 Å². The van der Waals surface area contributed by atoms with Gasteiger partial charge in [-0.3, -0.25) is 4.90 Å². The SMILES string of the molecule is NC/C=C/c1ccc(CN2CCOCC2)c(F)c1. The minimum Gasteiger partial charge on any atom is -0.379 e. The van der Waals surface area contributed by atoms with Crippen LogP contribution in [-0.2, 0) is 11.3 Å². The second-order valence-electron chi connectivity index (χ2n) is 4.38. The summed E-state index contributed by atoms with van der Waals surface area (Å²) in [4.78, 5) is 2.21. The molecule has 0 bridgehead atoms. The lowest BCUT2D eigenvalue weighted by Gasteiger charge is -2.26. The molecule has 1 fully saturated rings. The fourth-order valence-corrected chi connectivity index (χ4v) is 2.00. The highest BCUT2D eigenvalue weighted by molar-refractivity contribution is 5.50. The topological polar surface area (TPSA) is 38.5 Å². The average Bonchev–Trinajstić information content (AvgIpc) is 2.40. The van der Waals surface area contributed by atoms with E-state index in [0.29, 0.717) is 13.1 Å². The minimum absolute atomic E-state index is 0.152. The number of ether oxygens (including phenoxy) is 1. The third-order valence-corrected chi connectivity index (χ3v) is 3.02. The van der Waals surface area contributed by atoms with Crippen molar-refractivity contribution in [2.24, 2.45) is 5.73 Å². The molecule has 0 saturated carbocycles. The Morgan fingerprint density at radius 3 is 2.78 bits per heavy atom. The van der Waals surface area contributed by atoms with Gasteiger partial charge in [-0.1, -0.05) is 24.3 Å². The third kappa shape index (κ3) is 3.63. The van der Waals surface area contributed by atoms with Crippen LogP contribution >= 0.6 is 0 Å². The largest absolute Gasteiger partial charge is 0.379 e. The van der Waals surface area contributed by atoms with Crippen molar-refractivity contribution in [1.29, 1.82) is 0 Å². The standard InChI is InChI=1S/C14H19FN2O/c15-14-10-12(2-1-5-16)3-4-13(14)11-17-6-8-18-9-7-17/h1-4,10H,5-9,11,16H2/b2-1+. The second-order valence-corrected chi connectivity index (χ2v) is 4.38. The van der Waals surface area contributed by atoms with Crippen LogP contribution in [0.15, 0.2) is 24.3 Å². The van der Waals surface area contributed by atoms with Crippen LogP contribution in [0, 0.1) is 5.82 Å². The van der Waals surface area contributed by atoms with Crippen LogP contribution in [0.3, 0.4) is 0 Å². The molecule has 2 rings (SSSR count). The molecule has 1 heterocycles. The first-order valence-corrected chi connectivity index (χ1v) is 6.25. The number of benzene rings is 1. The van der Waals surface area contributed by atoms with Gasteiger partial charge >= 0.3 is 0 Å². The van der Waals surface area contributed by atoms with Gasteiger partial charge in [0.15, 0.2) is 0 Å². The van der Waals surface area contributed by atoms with Gasteiger partial charge in [-0.15, -0.1) is 0 Å². The van der Waals surface area contributed by atoms with Crippen molar-refractivity contribution in [3.05, 3.63) is 41.2 Å². The molecule has 18 heavy (non-hydrogen) atoms. The van der Waals surface area contributed by atoms with E-state index in [1.807, 2.05) is 24.3 Å². The molecular formula is C14H19FN2O. The molecule has 3 nitrogen and oxygen atoms in total. The summed E-state index contributed by atoms with van der Waals surface area (Å²) in [5.74, 6) is -0.152. The number of hydrogen-bond donors (Lipinski definition) is 1. The van der Waals surface area contributed by atoms with Crippen molar-refractivity contribution in [2.75, 3.05) is 32.8 Å². The van der Waals surface area contributed by atoms with Gasteiger partial charge in [-0.05, 0) is 11.6 Å². The number of rotatable bonds is 4. The number of hydrogen-bond acceptors (Lipinski definition) is 3. The Hall–Kier alpha value is -1.23. The zero-order chi connectivity index (χ0) is 12.8. The van der Waals surface area contributed by atoms with E-state index in [1.165, 1.54) is 0 Å². The Labute approximate surface area is 107 Å². The van der Waals surface area contributed by atoms with Crippen LogP contribution in [0.25, 0.3) is 6.08 Å². The Bertz CT molecular complexity index is 414. The molecule has 0 aliphatic carbocycles. The van der Waals surface area contributed by atoms with Crippen LogP contribution in [0.5, 0.6) is 0 Å². The van der Waals surface area contributed by atoms with Crippen molar-refractivity contribution in [1.82, 2.24) is 4.90 Å². The monoisotopic (exact) mass is 250 g/mol. The predicted molar refractivity (Wildman–Crippen MR) is 70.6 cm³/mol. The Morgan fingerprint density at radius 2 is 2.11 bits per heavy atom. The van der Waals surface area contributed by atoms with Crippen molar-refractivity contribution >= 4 is 6.08 Å². The summed E-state index contributed by atoms with van der Waals surface area (Å²) in [6, 6.07) is 5.33. The maximum atomic E-state index is 13.9. The highest BCUT2D eigenvalue weighted by atomic mass is 19.1. The number of nitrogens with two attached hydrogens (primary N) is 1. The fraction of sp³-hybridized carbons (Fsp3) is 0.429. The minimum atomic E-state index is -0.152. The van der Waals surface area contributed by atoms with Crippen LogP contribution < -0.4 is 5.73 Å². The lowest BCUT2D eigenvalue weighted by atomic mass is 10.1. The fourth-order valence-electron chi connectivity index (χ4n) is 2.00. The van der Waals surface area contributed by atoms with E-state index in [2.05, 4.69) is 4.90 Å². The summed E-state index contributed by atoms with van der Waals surface area (Å²) >= 11 is 0. The van der Waals surface area contributed by atoms with E-state index < -0.39 is 0 Å². The van der Waals surface area contributed by atoms with Gasteiger partial charge in [0.25, 0.3) is 0 Å². The molecule has 1 aromatic carbocycles. The molecule has 1 aliphatic rings. The van der Waals surface area contributed by atoms with E-state index in [-0.39, 0.29) is 5.82 Å². The van der Waals surface area contributed by atoms with Gasteiger partial charge in [0.2, 0.25) is 0 Å². The lowest BCUT2D eigenvalue weighted by Crippen LogP contribution is -2.35. The number of nitrogens with zero attached hydrogens (tertiary/aromatic N) is 1. The Kier molecular flexibility index (Phi) is 4.87. The Balaban J connectivity index is 2.02. The third-order valence-electron chi connectivity index (χ3n) is 3.02. The summed E-state index contributed by atoms with van der Waals surface area (Å²) in [6.07, 6.45) is 3.65. The summed E-state index contributed by atoms with van der Waals surface area (Å²) < 4.78 is 19.2. The summed E-state index contributed by atoms with van der Waals surface area (Å²) in [5, 5.41) is 0. The Morgan fingerprint density at radius 1 is 1.33 bits per heavy atom. The van der Waals surface area contributed by atoms with E-state index in [1.54, 1.807) is 6.07 Å². The van der Waals surface area contributed by atoms with Crippen LogP contribution in [0.2, 0.25) is 0 Å². The molecule has 98 valence electrons. The van der Waals surface area contributed by atoms with E-state index in [0.717, 1.165) is 37.4 Å². The molecule has 1 aliphatic heterocycles. The smallest absolute Gasteiger partial charge is 0.128 e. The molecular weight excluding hydrogens is 231 g/mol. The van der Waals surface area contributed by atoms with Crippen LogP contribution in [0.1, 0.15) is 11.1 Å². The quantitative estimate of drug-likeness (QED) is 0.882. The molecule has 1 saturated heterocycles. The lowest BCUT2D eigenvalue weighted by molar-refractivity contribution is 0.0337. The van der Waals surface area contributed by atoms with E-state index in [4.69, 9.17) is 10.5 Å². The normalized spacial score (nSPS) is 17.4. The van der Waals surface area contributed by atoms with Gasteiger partial charge in [-0.2, -0.15) is 0 Å². The van der Waals surface area contributed by atoms with E-state index in [9.17, 15) is 4.39 Å². The first-order valence-electron chi connectivity index (χ1n) is 6.25. The molecule has 0 spiro atoms. The molecule has 0 aromatic heterocycles. The highest BCUT2D eigenvalue weighted by Gasteiger charge is 2.12. The van der Waals surface area contributed by atoms with Crippen LogP contribution in [0.4, 0.5) is 4.39 Å². The molecule has 0 radical (unpaired) electrons. The van der Waals surface area contributed by atoms with Gasteiger partial charge < -0.3 is 10.5 Å². The zero-order valence-electron chi connectivity index (χ0n) is 10.4. The van der Waals surface area contributed by atoms with Crippen molar-refractivity contribution < 1.29 is 9.13 Å². The second kappa shape index (κ2) is 6.64. The van der Waals surface area contributed by atoms with E-state index >= 15 is 0 Å².